The average molecular weight is 471 g/mol. The Kier molecular flexibility index (Phi) is 7.53. The summed E-state index contributed by atoms with van der Waals surface area (Å²) in [6, 6.07) is 22.3. The van der Waals surface area contributed by atoms with Crippen LogP contribution in [0.15, 0.2) is 72.3 Å². The first-order valence-electron chi connectivity index (χ1n) is 11.3. The molecule has 1 aliphatic heterocycles. The van der Waals surface area contributed by atoms with Crippen LogP contribution in [-0.4, -0.2) is 19.3 Å². The number of benzene rings is 3. The Morgan fingerprint density at radius 1 is 1.06 bits per heavy atom. The zero-order valence-electron chi connectivity index (χ0n) is 19.6. The maximum absolute atomic E-state index is 12.7. The van der Waals surface area contributed by atoms with Crippen LogP contribution in [0.25, 0.3) is 6.08 Å². The molecule has 3 aromatic rings. The van der Waals surface area contributed by atoms with Gasteiger partial charge in [0.25, 0.3) is 5.91 Å². The number of nitrogens with zero attached hydrogens (tertiary/aromatic N) is 1. The first-order chi connectivity index (χ1) is 17.1. The molecule has 1 aliphatic rings. The van der Waals surface area contributed by atoms with E-state index in [2.05, 4.69) is 5.32 Å². The quantitative estimate of drug-likeness (QED) is 0.342. The first kappa shape index (κ1) is 23.7. The normalized spacial score (nSPS) is 13.0. The third-order valence-corrected chi connectivity index (χ3v) is 5.42. The highest BCUT2D eigenvalue weighted by Crippen LogP contribution is 2.34. The molecular formula is C28H26N2O5. The molecule has 0 radical (unpaired) electrons. The van der Waals surface area contributed by atoms with Gasteiger partial charge < -0.3 is 24.3 Å². The average Bonchev–Trinajstić information content (AvgIpc) is 3.35. The van der Waals surface area contributed by atoms with Crippen LogP contribution in [0.3, 0.4) is 0 Å². The van der Waals surface area contributed by atoms with Gasteiger partial charge in [-0.15, -0.1) is 0 Å². The highest BCUT2D eigenvalue weighted by molar-refractivity contribution is 6.01. The van der Waals surface area contributed by atoms with Crippen molar-refractivity contribution in [1.82, 2.24) is 5.32 Å². The third-order valence-electron chi connectivity index (χ3n) is 5.42. The number of fused-ring (bicyclic) bond motifs is 1. The summed E-state index contributed by atoms with van der Waals surface area (Å²) in [5, 5.41) is 12.5. The fraction of sp³-hybridized carbons (Fsp3) is 0.214. The lowest BCUT2D eigenvalue weighted by molar-refractivity contribution is -0.117. The van der Waals surface area contributed by atoms with Crippen LogP contribution < -0.4 is 24.3 Å². The number of carbonyl (C=O) groups is 1. The lowest BCUT2D eigenvalue weighted by atomic mass is 10.1. The van der Waals surface area contributed by atoms with Crippen molar-refractivity contribution < 1.29 is 23.7 Å². The number of rotatable bonds is 9. The summed E-state index contributed by atoms with van der Waals surface area (Å²) in [6.45, 7) is 4.73. The molecule has 0 saturated carbocycles. The fourth-order valence-electron chi connectivity index (χ4n) is 3.61. The Bertz CT molecular complexity index is 1260. The Hall–Kier alpha value is -4.44. The maximum Gasteiger partial charge on any atom is 0.262 e. The second-order valence-electron chi connectivity index (χ2n) is 7.89. The summed E-state index contributed by atoms with van der Waals surface area (Å²) >= 11 is 0. The zero-order chi connectivity index (χ0) is 24.6. The van der Waals surface area contributed by atoms with E-state index in [9.17, 15) is 10.1 Å². The molecule has 7 nitrogen and oxygen atoms in total. The van der Waals surface area contributed by atoms with Crippen molar-refractivity contribution in [3.8, 4) is 29.1 Å². The van der Waals surface area contributed by atoms with Gasteiger partial charge >= 0.3 is 0 Å². The van der Waals surface area contributed by atoms with Gasteiger partial charge in [-0.1, -0.05) is 42.5 Å². The molecule has 178 valence electrons. The Balaban J connectivity index is 1.47. The summed E-state index contributed by atoms with van der Waals surface area (Å²) in [6.07, 6.45) is 1.54. The van der Waals surface area contributed by atoms with Crippen LogP contribution in [0.2, 0.25) is 0 Å². The van der Waals surface area contributed by atoms with E-state index in [1.54, 1.807) is 18.2 Å². The van der Waals surface area contributed by atoms with Crippen molar-refractivity contribution in [1.29, 1.82) is 5.26 Å². The molecule has 1 heterocycles. The standard InChI is InChI=1S/C28H26N2O5/c1-3-32-26-14-20(13-23(16-29)28(31)30-19(2)22-7-5-4-6-8-22)9-11-24(26)33-17-21-10-12-25-27(15-21)35-18-34-25/h4-15,19H,3,17-18H2,1-2H3,(H,30,31)/b23-13+/t19-/m0/s1. The van der Waals surface area contributed by atoms with E-state index in [1.165, 1.54) is 6.08 Å². The molecular weight excluding hydrogens is 444 g/mol. The number of nitriles is 1. The van der Waals surface area contributed by atoms with Crippen molar-refractivity contribution in [3.05, 3.63) is 89.0 Å². The number of ether oxygens (including phenoxy) is 4. The molecule has 0 unspecified atom stereocenters. The molecule has 0 aromatic heterocycles. The number of carbonyl (C=O) groups excluding carboxylic acids is 1. The van der Waals surface area contributed by atoms with Gasteiger partial charge in [0.1, 0.15) is 18.2 Å². The van der Waals surface area contributed by atoms with Gasteiger partial charge in [-0.05, 0) is 60.9 Å². The van der Waals surface area contributed by atoms with Gasteiger partial charge in [0.05, 0.1) is 12.6 Å². The molecule has 35 heavy (non-hydrogen) atoms. The van der Waals surface area contributed by atoms with Gasteiger partial charge in [0, 0.05) is 0 Å². The van der Waals surface area contributed by atoms with E-state index in [4.69, 9.17) is 18.9 Å². The molecule has 3 aromatic carbocycles. The Labute approximate surface area is 204 Å². The third kappa shape index (κ3) is 5.92. The fourth-order valence-corrected chi connectivity index (χ4v) is 3.61. The van der Waals surface area contributed by atoms with E-state index in [-0.39, 0.29) is 18.4 Å². The van der Waals surface area contributed by atoms with Crippen molar-refractivity contribution >= 4 is 12.0 Å². The number of hydrogen-bond donors (Lipinski definition) is 1. The van der Waals surface area contributed by atoms with Crippen LogP contribution in [0, 0.1) is 11.3 Å². The van der Waals surface area contributed by atoms with Gasteiger partial charge in [-0.2, -0.15) is 5.26 Å². The topological polar surface area (TPSA) is 89.8 Å². The van der Waals surface area contributed by atoms with Crippen molar-refractivity contribution in [2.75, 3.05) is 13.4 Å². The molecule has 0 fully saturated rings. The Morgan fingerprint density at radius 2 is 1.86 bits per heavy atom. The number of nitrogens with one attached hydrogen (secondary N) is 1. The molecule has 0 spiro atoms. The summed E-state index contributed by atoms with van der Waals surface area (Å²) in [5.41, 5.74) is 2.55. The molecule has 0 saturated heterocycles. The summed E-state index contributed by atoms with van der Waals surface area (Å²) in [4.78, 5) is 12.7. The predicted octanol–water partition coefficient (Wildman–Crippen LogP) is 5.18. The zero-order valence-corrected chi connectivity index (χ0v) is 19.6. The second-order valence-corrected chi connectivity index (χ2v) is 7.89. The predicted molar refractivity (Wildman–Crippen MR) is 131 cm³/mol. The molecule has 7 heteroatoms. The van der Waals surface area contributed by atoms with Crippen molar-refractivity contribution in [3.63, 3.8) is 0 Å². The highest BCUT2D eigenvalue weighted by Gasteiger charge is 2.16. The van der Waals surface area contributed by atoms with Crippen molar-refractivity contribution in [2.24, 2.45) is 0 Å². The summed E-state index contributed by atoms with van der Waals surface area (Å²) in [7, 11) is 0. The van der Waals surface area contributed by atoms with Crippen LogP contribution in [-0.2, 0) is 11.4 Å². The van der Waals surface area contributed by atoms with Gasteiger partial charge in [0.15, 0.2) is 23.0 Å². The molecule has 1 atom stereocenters. The van der Waals surface area contributed by atoms with E-state index >= 15 is 0 Å². The maximum atomic E-state index is 12.7. The van der Waals surface area contributed by atoms with Gasteiger partial charge in [0.2, 0.25) is 6.79 Å². The highest BCUT2D eigenvalue weighted by atomic mass is 16.7. The lowest BCUT2D eigenvalue weighted by Gasteiger charge is -2.14. The summed E-state index contributed by atoms with van der Waals surface area (Å²) in [5.74, 6) is 2.06. The minimum atomic E-state index is -0.440. The van der Waals surface area contributed by atoms with Crippen LogP contribution >= 0.6 is 0 Å². The van der Waals surface area contributed by atoms with Crippen LogP contribution in [0.5, 0.6) is 23.0 Å². The summed E-state index contributed by atoms with van der Waals surface area (Å²) < 4.78 is 22.5. The minimum absolute atomic E-state index is 0.00394. The minimum Gasteiger partial charge on any atom is -0.490 e. The molecule has 0 bridgehead atoms. The number of amides is 1. The smallest absolute Gasteiger partial charge is 0.262 e. The molecule has 1 N–H and O–H groups in total. The SMILES string of the molecule is CCOc1cc(/C=C(\C#N)C(=O)N[C@@H](C)c2ccccc2)ccc1OCc1ccc2c(c1)OCO2. The lowest BCUT2D eigenvalue weighted by Crippen LogP contribution is -2.27. The molecule has 4 rings (SSSR count). The largest absolute Gasteiger partial charge is 0.490 e. The Morgan fingerprint density at radius 3 is 2.63 bits per heavy atom. The van der Waals surface area contributed by atoms with Crippen molar-refractivity contribution in [2.45, 2.75) is 26.5 Å². The first-order valence-corrected chi connectivity index (χ1v) is 11.3. The van der Waals surface area contributed by atoms with Crippen LogP contribution in [0.4, 0.5) is 0 Å². The van der Waals surface area contributed by atoms with Gasteiger partial charge in [-0.3, -0.25) is 4.79 Å². The van der Waals surface area contributed by atoms with E-state index in [0.29, 0.717) is 36.0 Å². The number of hydrogen-bond acceptors (Lipinski definition) is 6. The van der Waals surface area contributed by atoms with E-state index in [0.717, 1.165) is 16.9 Å². The van der Waals surface area contributed by atoms with Gasteiger partial charge in [-0.25, -0.2) is 0 Å². The van der Waals surface area contributed by atoms with E-state index < -0.39 is 5.91 Å². The van der Waals surface area contributed by atoms with E-state index in [1.807, 2.05) is 68.4 Å². The monoisotopic (exact) mass is 470 g/mol. The second kappa shape index (κ2) is 11.1. The molecule has 0 aliphatic carbocycles. The van der Waals surface area contributed by atoms with Crippen LogP contribution in [0.1, 0.15) is 36.6 Å². The molecule has 1 amide bonds.